The molecule has 39 heavy (non-hydrogen) atoms. The van der Waals surface area contributed by atoms with E-state index in [0.717, 1.165) is 26.9 Å². The van der Waals surface area contributed by atoms with Crippen molar-refractivity contribution < 1.29 is 19.2 Å². The van der Waals surface area contributed by atoms with E-state index in [-0.39, 0.29) is 42.2 Å². The Kier molecular flexibility index (Phi) is 8.66. The first-order valence-corrected chi connectivity index (χ1v) is 14.3. The summed E-state index contributed by atoms with van der Waals surface area (Å²) in [6.07, 6.45) is -0.573. The molecule has 2 N–H and O–H groups in total. The minimum Gasteiger partial charge on any atom is -0.391 e. The van der Waals surface area contributed by atoms with Gasteiger partial charge in [0, 0.05) is 28.9 Å². The van der Waals surface area contributed by atoms with Gasteiger partial charge in [0.2, 0.25) is 11.8 Å². The maximum Gasteiger partial charge on any atom is 0.243 e. The van der Waals surface area contributed by atoms with Gasteiger partial charge in [-0.05, 0) is 35.6 Å². The molecule has 8 heteroatoms. The topological polar surface area (TPSA) is 95.7 Å². The first-order chi connectivity index (χ1) is 18.4. The molecule has 4 rings (SSSR count). The summed E-state index contributed by atoms with van der Waals surface area (Å²) in [5.74, 6) is -0.709. The van der Waals surface area contributed by atoms with Gasteiger partial charge in [0.15, 0.2) is 0 Å². The summed E-state index contributed by atoms with van der Waals surface area (Å²) in [5, 5.41) is 17.7. The van der Waals surface area contributed by atoms with Gasteiger partial charge >= 0.3 is 0 Å². The van der Waals surface area contributed by atoms with Crippen LogP contribution in [-0.4, -0.2) is 45.7 Å². The molecule has 3 aromatic rings. The van der Waals surface area contributed by atoms with Gasteiger partial charge in [-0.2, -0.15) is 0 Å². The Morgan fingerprint density at radius 1 is 1.10 bits per heavy atom. The van der Waals surface area contributed by atoms with Crippen molar-refractivity contribution >= 4 is 27.7 Å². The van der Waals surface area contributed by atoms with Crippen molar-refractivity contribution in [1.82, 2.24) is 15.4 Å². The van der Waals surface area contributed by atoms with Crippen LogP contribution in [0.5, 0.6) is 0 Å². The molecule has 0 saturated carbocycles. The van der Waals surface area contributed by atoms with E-state index in [4.69, 9.17) is 4.52 Å². The van der Waals surface area contributed by atoms with Crippen LogP contribution in [0.25, 0.3) is 11.1 Å². The Morgan fingerprint density at radius 2 is 1.77 bits per heavy atom. The second-order valence-electron chi connectivity index (χ2n) is 11.8. The molecule has 2 amide bonds. The molecule has 0 spiro atoms. The Balaban J connectivity index is 1.49. The van der Waals surface area contributed by atoms with Crippen LogP contribution in [-0.2, 0) is 15.0 Å². The van der Waals surface area contributed by atoms with Crippen LogP contribution >= 0.6 is 15.9 Å². The number of aliphatic hydroxyl groups is 1. The van der Waals surface area contributed by atoms with E-state index in [1.807, 2.05) is 90.1 Å². The molecule has 1 aliphatic rings. The van der Waals surface area contributed by atoms with E-state index in [1.54, 1.807) is 0 Å². The van der Waals surface area contributed by atoms with Gasteiger partial charge in [-0.15, -0.1) is 0 Å². The largest absolute Gasteiger partial charge is 0.391 e. The second kappa shape index (κ2) is 11.6. The minimum absolute atomic E-state index is 0.0817. The lowest BCUT2D eigenvalue weighted by molar-refractivity contribution is -0.141. The van der Waals surface area contributed by atoms with Gasteiger partial charge in [-0.3, -0.25) is 9.59 Å². The summed E-state index contributed by atoms with van der Waals surface area (Å²) in [6, 6.07) is 16.9. The quantitative estimate of drug-likeness (QED) is 0.350. The number of hydrogen-bond acceptors (Lipinski definition) is 5. The lowest BCUT2D eigenvalue weighted by Gasteiger charge is -2.29. The standard InChI is InChI=1S/C31H38BrN3O4/c1-18(2)28(26-16-27(34-39-26)31(4,5)6)30(38)35-17-22(36)15-25(35)29(37)33-19(3)20-11-13-21(14-12-20)23-9-7-8-10-24(23)32/h7-14,16,18-19,22,25,28,36H,15,17H2,1-6H3,(H,33,37)/t19-,22+,25-,28+/m0/s1. The van der Waals surface area contributed by atoms with Crippen molar-refractivity contribution in [1.29, 1.82) is 0 Å². The number of aromatic nitrogens is 1. The van der Waals surface area contributed by atoms with Crippen molar-refractivity contribution in [2.45, 2.75) is 77.5 Å². The van der Waals surface area contributed by atoms with Gasteiger partial charge in [0.1, 0.15) is 17.7 Å². The summed E-state index contributed by atoms with van der Waals surface area (Å²) < 4.78 is 6.64. The van der Waals surface area contributed by atoms with Crippen LogP contribution in [0.3, 0.4) is 0 Å². The molecule has 1 aromatic heterocycles. The van der Waals surface area contributed by atoms with Gasteiger partial charge < -0.3 is 19.8 Å². The highest BCUT2D eigenvalue weighted by Crippen LogP contribution is 2.34. The number of carbonyl (C=O) groups excluding carboxylic acids is 2. The minimum atomic E-state index is -0.767. The number of β-amino-alcohol motifs (C(OH)–C–C–N with tert-alkyl or cyclic N) is 1. The van der Waals surface area contributed by atoms with Gasteiger partial charge in [-0.25, -0.2) is 0 Å². The molecule has 2 aromatic carbocycles. The molecule has 0 radical (unpaired) electrons. The number of rotatable bonds is 7. The van der Waals surface area contributed by atoms with Crippen molar-refractivity contribution in [3.05, 3.63) is 76.1 Å². The lowest BCUT2D eigenvalue weighted by atomic mass is 9.88. The second-order valence-corrected chi connectivity index (χ2v) is 12.7. The zero-order chi connectivity index (χ0) is 28.5. The molecule has 0 aliphatic carbocycles. The summed E-state index contributed by atoms with van der Waals surface area (Å²) >= 11 is 3.60. The highest BCUT2D eigenvalue weighted by atomic mass is 79.9. The number of amides is 2. The normalized spacial score (nSPS) is 19.3. The predicted octanol–water partition coefficient (Wildman–Crippen LogP) is 5.98. The first-order valence-electron chi connectivity index (χ1n) is 13.5. The van der Waals surface area contributed by atoms with Crippen LogP contribution in [0.2, 0.25) is 0 Å². The molecule has 4 atom stereocenters. The third kappa shape index (κ3) is 6.44. The van der Waals surface area contributed by atoms with E-state index < -0.39 is 18.1 Å². The van der Waals surface area contributed by atoms with E-state index >= 15 is 0 Å². The average molecular weight is 597 g/mol. The smallest absolute Gasteiger partial charge is 0.243 e. The molecule has 1 saturated heterocycles. The van der Waals surface area contributed by atoms with E-state index in [1.165, 1.54) is 4.90 Å². The van der Waals surface area contributed by atoms with Crippen molar-refractivity contribution in [3.8, 4) is 11.1 Å². The third-order valence-electron chi connectivity index (χ3n) is 7.36. The van der Waals surface area contributed by atoms with E-state index in [9.17, 15) is 14.7 Å². The summed E-state index contributed by atoms with van der Waals surface area (Å²) in [7, 11) is 0. The predicted molar refractivity (Wildman–Crippen MR) is 155 cm³/mol. The first kappa shape index (κ1) is 29.0. The van der Waals surface area contributed by atoms with Crippen molar-refractivity contribution in [3.63, 3.8) is 0 Å². The summed E-state index contributed by atoms with van der Waals surface area (Å²) in [5.41, 5.74) is 3.67. The molecule has 0 unspecified atom stereocenters. The van der Waals surface area contributed by atoms with Crippen molar-refractivity contribution in [2.24, 2.45) is 5.92 Å². The van der Waals surface area contributed by atoms with Crippen LogP contribution < -0.4 is 5.32 Å². The monoisotopic (exact) mass is 595 g/mol. The number of hydrogen-bond donors (Lipinski definition) is 2. The Hall–Kier alpha value is -2.97. The van der Waals surface area contributed by atoms with Crippen molar-refractivity contribution in [2.75, 3.05) is 6.54 Å². The molecular formula is C31H38BrN3O4. The number of aliphatic hydroxyl groups excluding tert-OH is 1. The number of carbonyl (C=O) groups is 2. The van der Waals surface area contributed by atoms with Gasteiger partial charge in [-0.1, -0.05) is 98.2 Å². The zero-order valence-electron chi connectivity index (χ0n) is 23.4. The van der Waals surface area contributed by atoms with Crippen LogP contribution in [0.15, 0.2) is 63.6 Å². The highest BCUT2D eigenvalue weighted by Gasteiger charge is 2.43. The molecule has 2 heterocycles. The molecule has 7 nitrogen and oxygen atoms in total. The number of nitrogens with zero attached hydrogens (tertiary/aromatic N) is 2. The highest BCUT2D eigenvalue weighted by molar-refractivity contribution is 9.10. The van der Waals surface area contributed by atoms with Crippen LogP contribution in [0.4, 0.5) is 0 Å². The van der Waals surface area contributed by atoms with Crippen LogP contribution in [0, 0.1) is 5.92 Å². The molecule has 1 fully saturated rings. The van der Waals surface area contributed by atoms with Crippen LogP contribution in [0.1, 0.15) is 76.9 Å². The maximum atomic E-state index is 13.8. The fourth-order valence-corrected chi connectivity index (χ4v) is 5.56. The maximum absolute atomic E-state index is 13.8. The Morgan fingerprint density at radius 3 is 2.36 bits per heavy atom. The fraction of sp³-hybridized carbons (Fsp3) is 0.452. The Labute approximate surface area is 239 Å². The lowest BCUT2D eigenvalue weighted by Crippen LogP contribution is -2.48. The summed E-state index contributed by atoms with van der Waals surface area (Å²) in [4.78, 5) is 28.7. The summed E-state index contributed by atoms with van der Waals surface area (Å²) in [6.45, 7) is 12.0. The van der Waals surface area contributed by atoms with E-state index in [2.05, 4.69) is 32.5 Å². The number of benzene rings is 2. The number of nitrogens with one attached hydrogen (secondary N) is 1. The van der Waals surface area contributed by atoms with Gasteiger partial charge in [0.05, 0.1) is 17.8 Å². The number of halogens is 1. The molecule has 1 aliphatic heterocycles. The average Bonchev–Trinajstić information content (AvgIpc) is 3.51. The fourth-order valence-electron chi connectivity index (χ4n) is 5.05. The zero-order valence-corrected chi connectivity index (χ0v) is 25.0. The third-order valence-corrected chi connectivity index (χ3v) is 8.05. The SMILES string of the molecule is CC(C)[C@@H](C(=O)N1C[C@H](O)C[C@H]1C(=O)N[C@@H](C)c1ccc(-c2ccccc2Br)cc1)c1cc(C(C)(C)C)no1. The number of likely N-dealkylation sites (tertiary alicyclic amines) is 1. The molecule has 208 valence electrons. The van der Waals surface area contributed by atoms with Gasteiger partial charge in [0.25, 0.3) is 0 Å². The Bertz CT molecular complexity index is 1310. The van der Waals surface area contributed by atoms with E-state index in [0.29, 0.717) is 5.76 Å². The molecular weight excluding hydrogens is 558 g/mol. The molecule has 0 bridgehead atoms.